The third kappa shape index (κ3) is 5.42. The number of carboxylic acids is 1. The summed E-state index contributed by atoms with van der Waals surface area (Å²) < 4.78 is 33.0. The lowest BCUT2D eigenvalue weighted by molar-refractivity contribution is 0.0697. The Morgan fingerprint density at radius 3 is 2.27 bits per heavy atom. The van der Waals surface area contributed by atoms with E-state index in [0.29, 0.717) is 17.5 Å². The molecule has 178 valence electrons. The zero-order valence-electron chi connectivity index (χ0n) is 18.9. The SMILES string of the molecule is COc1ccc(S(=O)(=O)Nc2ccc(N3CCN(C4CCCCC4)CC3)c(C(=O)O)c2)cc1. The highest BCUT2D eigenvalue weighted by atomic mass is 32.2. The minimum atomic E-state index is -3.86. The highest BCUT2D eigenvalue weighted by molar-refractivity contribution is 7.92. The fourth-order valence-corrected chi connectivity index (χ4v) is 5.84. The van der Waals surface area contributed by atoms with Gasteiger partial charge in [0.15, 0.2) is 0 Å². The first-order valence-electron chi connectivity index (χ1n) is 11.4. The molecule has 2 fully saturated rings. The van der Waals surface area contributed by atoms with Crippen LogP contribution in [0.5, 0.6) is 5.75 Å². The summed E-state index contributed by atoms with van der Waals surface area (Å²) >= 11 is 0. The van der Waals surface area contributed by atoms with Gasteiger partial charge in [0.05, 0.1) is 23.3 Å². The Morgan fingerprint density at radius 2 is 1.67 bits per heavy atom. The predicted molar refractivity (Wildman–Crippen MR) is 128 cm³/mol. The summed E-state index contributed by atoms with van der Waals surface area (Å²) in [5.41, 5.74) is 0.932. The van der Waals surface area contributed by atoms with E-state index in [9.17, 15) is 18.3 Å². The van der Waals surface area contributed by atoms with Gasteiger partial charge in [0.25, 0.3) is 10.0 Å². The van der Waals surface area contributed by atoms with Gasteiger partial charge in [0, 0.05) is 37.9 Å². The molecule has 1 aliphatic carbocycles. The number of carboxylic acid groups (broad SMARTS) is 1. The highest BCUT2D eigenvalue weighted by Crippen LogP contribution is 2.29. The van der Waals surface area contributed by atoms with Gasteiger partial charge in [0.1, 0.15) is 5.75 Å². The van der Waals surface area contributed by atoms with Crippen LogP contribution in [0.15, 0.2) is 47.4 Å². The maximum atomic E-state index is 12.7. The van der Waals surface area contributed by atoms with E-state index in [-0.39, 0.29) is 16.1 Å². The number of carbonyl (C=O) groups is 1. The number of sulfonamides is 1. The van der Waals surface area contributed by atoms with Crippen LogP contribution in [0.4, 0.5) is 11.4 Å². The molecule has 1 saturated carbocycles. The second kappa shape index (κ2) is 10.0. The van der Waals surface area contributed by atoms with Crippen LogP contribution in [0, 0.1) is 0 Å². The summed E-state index contributed by atoms with van der Waals surface area (Å²) in [6.07, 6.45) is 6.42. The second-order valence-corrected chi connectivity index (χ2v) is 10.3. The van der Waals surface area contributed by atoms with Crippen LogP contribution in [-0.4, -0.2) is 63.7 Å². The van der Waals surface area contributed by atoms with E-state index >= 15 is 0 Å². The summed E-state index contributed by atoms with van der Waals surface area (Å²) in [7, 11) is -2.35. The molecule has 0 radical (unpaired) electrons. The van der Waals surface area contributed by atoms with E-state index in [1.165, 1.54) is 57.4 Å². The van der Waals surface area contributed by atoms with E-state index in [4.69, 9.17) is 4.74 Å². The van der Waals surface area contributed by atoms with Gasteiger partial charge in [-0.2, -0.15) is 0 Å². The molecule has 9 heteroatoms. The number of aromatic carboxylic acids is 1. The Kier molecular flexibility index (Phi) is 7.09. The van der Waals surface area contributed by atoms with Crippen molar-refractivity contribution in [3.63, 3.8) is 0 Å². The Labute approximate surface area is 195 Å². The first-order valence-corrected chi connectivity index (χ1v) is 12.9. The van der Waals surface area contributed by atoms with Crippen molar-refractivity contribution in [3.05, 3.63) is 48.0 Å². The third-order valence-electron chi connectivity index (χ3n) is 6.59. The van der Waals surface area contributed by atoms with Crippen molar-refractivity contribution in [2.45, 2.75) is 43.0 Å². The summed E-state index contributed by atoms with van der Waals surface area (Å²) in [5, 5.41) is 9.82. The normalized spacial score (nSPS) is 18.2. The van der Waals surface area contributed by atoms with Crippen molar-refractivity contribution in [1.82, 2.24) is 4.90 Å². The van der Waals surface area contributed by atoms with Gasteiger partial charge >= 0.3 is 5.97 Å². The molecule has 1 saturated heterocycles. The van der Waals surface area contributed by atoms with Crippen LogP contribution in [0.3, 0.4) is 0 Å². The number of anilines is 2. The number of nitrogens with one attached hydrogen (secondary N) is 1. The quantitative estimate of drug-likeness (QED) is 0.633. The number of ether oxygens (including phenoxy) is 1. The van der Waals surface area contributed by atoms with E-state index < -0.39 is 16.0 Å². The molecule has 0 unspecified atom stereocenters. The lowest BCUT2D eigenvalue weighted by Gasteiger charge is -2.41. The predicted octanol–water partition coefficient (Wildman–Crippen LogP) is 3.65. The number of benzene rings is 2. The maximum absolute atomic E-state index is 12.7. The topological polar surface area (TPSA) is 99.2 Å². The van der Waals surface area contributed by atoms with Gasteiger partial charge in [-0.25, -0.2) is 13.2 Å². The van der Waals surface area contributed by atoms with Gasteiger partial charge in [0.2, 0.25) is 0 Å². The minimum absolute atomic E-state index is 0.0723. The lowest BCUT2D eigenvalue weighted by atomic mass is 9.94. The Hall–Kier alpha value is -2.78. The number of hydrogen-bond donors (Lipinski definition) is 2. The number of hydrogen-bond acceptors (Lipinski definition) is 6. The van der Waals surface area contributed by atoms with Gasteiger partial charge < -0.3 is 14.7 Å². The average Bonchev–Trinajstić information content (AvgIpc) is 2.84. The largest absolute Gasteiger partial charge is 0.497 e. The van der Waals surface area contributed by atoms with Crippen molar-refractivity contribution < 1.29 is 23.1 Å². The van der Waals surface area contributed by atoms with Crippen LogP contribution in [0.25, 0.3) is 0 Å². The fraction of sp³-hybridized carbons (Fsp3) is 0.458. The summed E-state index contributed by atoms with van der Waals surface area (Å²) in [5.74, 6) is -0.528. The molecule has 1 aliphatic heterocycles. The molecule has 33 heavy (non-hydrogen) atoms. The maximum Gasteiger partial charge on any atom is 0.337 e. The Morgan fingerprint density at radius 1 is 1.00 bits per heavy atom. The van der Waals surface area contributed by atoms with Crippen molar-refractivity contribution in [2.24, 2.45) is 0 Å². The Balaban J connectivity index is 1.48. The molecule has 8 nitrogen and oxygen atoms in total. The minimum Gasteiger partial charge on any atom is -0.497 e. The van der Waals surface area contributed by atoms with Gasteiger partial charge in [-0.15, -0.1) is 0 Å². The molecule has 0 spiro atoms. The zero-order chi connectivity index (χ0) is 23.4. The molecule has 2 aliphatic rings. The van der Waals surface area contributed by atoms with Crippen molar-refractivity contribution in [3.8, 4) is 5.75 Å². The monoisotopic (exact) mass is 473 g/mol. The van der Waals surface area contributed by atoms with Crippen LogP contribution >= 0.6 is 0 Å². The number of rotatable bonds is 7. The fourth-order valence-electron chi connectivity index (χ4n) is 4.79. The molecule has 0 bridgehead atoms. The van der Waals surface area contributed by atoms with Gasteiger partial charge in [-0.1, -0.05) is 19.3 Å². The highest BCUT2D eigenvalue weighted by Gasteiger charge is 2.27. The summed E-state index contributed by atoms with van der Waals surface area (Å²) in [6.45, 7) is 3.34. The van der Waals surface area contributed by atoms with Crippen LogP contribution < -0.4 is 14.4 Å². The first kappa shape index (κ1) is 23.4. The molecular weight excluding hydrogens is 442 g/mol. The van der Waals surface area contributed by atoms with Crippen molar-refractivity contribution in [1.29, 1.82) is 0 Å². The van der Waals surface area contributed by atoms with E-state index in [1.807, 2.05) is 0 Å². The molecule has 0 amide bonds. The molecule has 4 rings (SSSR count). The third-order valence-corrected chi connectivity index (χ3v) is 7.99. The number of piperazine rings is 1. The average molecular weight is 474 g/mol. The molecule has 2 N–H and O–H groups in total. The smallest absolute Gasteiger partial charge is 0.337 e. The van der Waals surface area contributed by atoms with Crippen molar-refractivity contribution in [2.75, 3.05) is 42.9 Å². The van der Waals surface area contributed by atoms with Gasteiger partial charge in [-0.3, -0.25) is 9.62 Å². The van der Waals surface area contributed by atoms with Crippen LogP contribution in [-0.2, 0) is 10.0 Å². The zero-order valence-corrected chi connectivity index (χ0v) is 19.7. The molecule has 2 aromatic rings. The summed E-state index contributed by atoms with van der Waals surface area (Å²) in [6, 6.07) is 11.4. The van der Waals surface area contributed by atoms with Gasteiger partial charge in [-0.05, 0) is 55.3 Å². The standard InChI is InChI=1S/C24H31N3O5S/c1-32-20-8-10-21(11-9-20)33(30,31)25-18-7-12-23(22(17-18)24(28)29)27-15-13-26(14-16-27)19-5-3-2-4-6-19/h7-12,17,19,25H,2-6,13-16H2,1H3,(H,28,29). The lowest BCUT2D eigenvalue weighted by Crippen LogP contribution is -2.51. The molecule has 0 aromatic heterocycles. The molecule has 2 aromatic carbocycles. The summed E-state index contributed by atoms with van der Waals surface area (Å²) in [4.78, 5) is 16.7. The van der Waals surface area contributed by atoms with E-state index in [0.717, 1.165) is 26.2 Å². The van der Waals surface area contributed by atoms with E-state index in [1.54, 1.807) is 24.3 Å². The molecular formula is C24H31N3O5S. The number of nitrogens with zero attached hydrogens (tertiary/aromatic N) is 2. The first-order chi connectivity index (χ1) is 15.9. The van der Waals surface area contributed by atoms with Crippen LogP contribution in [0.1, 0.15) is 42.5 Å². The molecule has 0 atom stereocenters. The van der Waals surface area contributed by atoms with E-state index in [2.05, 4.69) is 14.5 Å². The Bertz CT molecular complexity index is 1070. The number of methoxy groups -OCH3 is 1. The molecule has 1 heterocycles. The van der Waals surface area contributed by atoms with Crippen LogP contribution in [0.2, 0.25) is 0 Å². The second-order valence-electron chi connectivity index (χ2n) is 8.63. The van der Waals surface area contributed by atoms with Crippen molar-refractivity contribution >= 4 is 27.4 Å².